The fourth-order valence-corrected chi connectivity index (χ4v) is 2.03. The zero-order valence-corrected chi connectivity index (χ0v) is 18.3. The Bertz CT molecular complexity index is 791. The number of unbranched alkanes of at least 4 members (excludes halogenated alkanes) is 3. The van der Waals surface area contributed by atoms with Gasteiger partial charge in [0.25, 0.3) is 0 Å². The van der Waals surface area contributed by atoms with E-state index in [4.69, 9.17) is 30.6 Å². The first-order chi connectivity index (χ1) is 15.9. The van der Waals surface area contributed by atoms with Crippen molar-refractivity contribution < 1.29 is 59.4 Å². The molecule has 0 amide bonds. The molecule has 0 aliphatic carbocycles. The molecule has 34 heavy (non-hydrogen) atoms. The Morgan fingerprint density at radius 2 is 0.882 bits per heavy atom. The van der Waals surface area contributed by atoms with Crippen molar-refractivity contribution in [1.82, 2.24) is 0 Å². The van der Waals surface area contributed by atoms with Crippen molar-refractivity contribution >= 4 is 35.8 Å². The molecule has 0 heterocycles. The van der Waals surface area contributed by atoms with Crippen LogP contribution in [0, 0.1) is 0 Å². The molecule has 0 aliphatic heterocycles. The van der Waals surface area contributed by atoms with Crippen LogP contribution in [0.2, 0.25) is 0 Å². The number of carboxylic acid groups (broad SMARTS) is 6. The Kier molecular flexibility index (Phi) is 18.3. The molecule has 12 nitrogen and oxygen atoms in total. The molecule has 6 N–H and O–H groups in total. The average molecular weight is 484 g/mol. The van der Waals surface area contributed by atoms with Gasteiger partial charge in [0.2, 0.25) is 0 Å². The maximum atomic E-state index is 10.3. The van der Waals surface area contributed by atoms with E-state index < -0.39 is 35.8 Å². The first-order valence-electron chi connectivity index (χ1n) is 9.98. The molecule has 188 valence electrons. The summed E-state index contributed by atoms with van der Waals surface area (Å²) >= 11 is 0. The van der Waals surface area contributed by atoms with Gasteiger partial charge in [-0.1, -0.05) is 6.08 Å². The topological polar surface area (TPSA) is 224 Å². The molecule has 0 bridgehead atoms. The number of aromatic carboxylic acids is 2. The van der Waals surface area contributed by atoms with E-state index in [-0.39, 0.29) is 30.4 Å². The van der Waals surface area contributed by atoms with E-state index in [1.165, 1.54) is 30.3 Å². The van der Waals surface area contributed by atoms with Crippen molar-refractivity contribution in [3.8, 4) is 0 Å². The van der Waals surface area contributed by atoms with Crippen LogP contribution in [0.15, 0.2) is 36.4 Å². The summed E-state index contributed by atoms with van der Waals surface area (Å²) < 4.78 is 0. The standard InChI is InChI=1S/C8H6O4.C8H12O4.C6H10O4/c9-7(10)5-1-2-6(4-3-5)8(11)12;9-7(10)5-3-1-2-4-6-8(11)12;7-5(8)3-1-2-4-6(9)10/h1-4H,(H,9,10)(H,11,12);3,5H,1-2,4,6H2,(H,9,10)(H,11,12);1-4H2,(H,7,8)(H,9,10). The van der Waals surface area contributed by atoms with Crippen LogP contribution in [-0.2, 0) is 19.2 Å². The summed E-state index contributed by atoms with van der Waals surface area (Å²) in [5.74, 6) is -5.64. The fraction of sp³-hybridized carbons (Fsp3) is 0.364. The van der Waals surface area contributed by atoms with Crippen LogP contribution in [0.25, 0.3) is 0 Å². The summed E-state index contributed by atoms with van der Waals surface area (Å²) in [4.78, 5) is 60.4. The van der Waals surface area contributed by atoms with E-state index in [0.29, 0.717) is 25.7 Å². The molecule has 0 unspecified atom stereocenters. The lowest BCUT2D eigenvalue weighted by atomic mass is 10.1. The van der Waals surface area contributed by atoms with Gasteiger partial charge in [0.05, 0.1) is 11.1 Å². The molecule has 0 atom stereocenters. The Balaban J connectivity index is 0. The van der Waals surface area contributed by atoms with E-state index in [1.807, 2.05) is 0 Å². The van der Waals surface area contributed by atoms with E-state index in [2.05, 4.69) is 0 Å². The largest absolute Gasteiger partial charge is 0.481 e. The Hall–Kier alpha value is -4.22. The molecular formula is C22H28O12. The average Bonchev–Trinajstić information content (AvgIpc) is 2.74. The zero-order valence-electron chi connectivity index (χ0n) is 18.3. The summed E-state index contributed by atoms with van der Waals surface area (Å²) in [5.41, 5.74) is 0.167. The Morgan fingerprint density at radius 1 is 0.559 bits per heavy atom. The third-order valence-corrected chi connectivity index (χ3v) is 3.68. The van der Waals surface area contributed by atoms with Crippen LogP contribution in [-0.4, -0.2) is 66.5 Å². The Labute approximate surface area is 194 Å². The summed E-state index contributed by atoms with van der Waals surface area (Å²) in [5, 5.41) is 49.6. The van der Waals surface area contributed by atoms with Crippen molar-refractivity contribution in [2.45, 2.75) is 51.4 Å². The highest BCUT2D eigenvalue weighted by molar-refractivity contribution is 5.91. The second-order valence-corrected chi connectivity index (χ2v) is 6.56. The highest BCUT2D eigenvalue weighted by Crippen LogP contribution is 2.04. The predicted molar refractivity (Wildman–Crippen MR) is 117 cm³/mol. The molecule has 0 saturated carbocycles. The maximum Gasteiger partial charge on any atom is 0.335 e. The van der Waals surface area contributed by atoms with Crippen molar-refractivity contribution in [3.63, 3.8) is 0 Å². The van der Waals surface area contributed by atoms with Gasteiger partial charge in [-0.05, 0) is 56.4 Å². The van der Waals surface area contributed by atoms with Gasteiger partial charge in [-0.3, -0.25) is 14.4 Å². The first kappa shape index (κ1) is 32.0. The molecule has 1 rings (SSSR count). The van der Waals surface area contributed by atoms with Gasteiger partial charge >= 0.3 is 35.8 Å². The molecule has 0 aromatic heterocycles. The second kappa shape index (κ2) is 19.5. The van der Waals surface area contributed by atoms with Crippen LogP contribution < -0.4 is 0 Å². The number of carbonyl (C=O) groups is 6. The highest BCUT2D eigenvalue weighted by Gasteiger charge is 2.05. The van der Waals surface area contributed by atoms with E-state index in [1.54, 1.807) is 0 Å². The SMILES string of the molecule is O=C(O)C=CCCCCC(=O)O.O=C(O)CCCCC(=O)O.O=C(O)c1ccc(C(=O)O)cc1. The van der Waals surface area contributed by atoms with E-state index >= 15 is 0 Å². The van der Waals surface area contributed by atoms with Crippen LogP contribution >= 0.6 is 0 Å². The van der Waals surface area contributed by atoms with Crippen molar-refractivity contribution in [2.24, 2.45) is 0 Å². The summed E-state index contributed by atoms with van der Waals surface area (Å²) in [6.45, 7) is 0. The lowest BCUT2D eigenvalue weighted by Gasteiger charge is -1.94. The molecule has 0 saturated heterocycles. The molecular weight excluding hydrogens is 456 g/mol. The first-order valence-corrected chi connectivity index (χ1v) is 9.98. The third-order valence-electron chi connectivity index (χ3n) is 3.68. The minimum absolute atomic E-state index is 0.0628. The minimum atomic E-state index is -1.06. The van der Waals surface area contributed by atoms with Gasteiger partial charge in [-0.2, -0.15) is 0 Å². The van der Waals surface area contributed by atoms with Gasteiger partial charge in [-0.15, -0.1) is 0 Å². The minimum Gasteiger partial charge on any atom is -0.481 e. The summed E-state index contributed by atoms with van der Waals surface area (Å²) in [6.07, 6.45) is 5.71. The third kappa shape index (κ3) is 22.5. The van der Waals surface area contributed by atoms with Crippen LogP contribution in [0.1, 0.15) is 72.1 Å². The highest BCUT2D eigenvalue weighted by atomic mass is 16.4. The van der Waals surface area contributed by atoms with Gasteiger partial charge in [0.15, 0.2) is 0 Å². The zero-order chi connectivity index (χ0) is 26.5. The van der Waals surface area contributed by atoms with Crippen LogP contribution in [0.3, 0.4) is 0 Å². The number of hydrogen-bond donors (Lipinski definition) is 6. The molecule has 1 aromatic rings. The molecule has 1 aromatic carbocycles. The number of hydrogen-bond acceptors (Lipinski definition) is 6. The maximum absolute atomic E-state index is 10.3. The number of rotatable bonds is 13. The number of allylic oxidation sites excluding steroid dienone is 1. The van der Waals surface area contributed by atoms with Gasteiger partial charge in [-0.25, -0.2) is 14.4 Å². The monoisotopic (exact) mass is 484 g/mol. The second-order valence-electron chi connectivity index (χ2n) is 6.56. The van der Waals surface area contributed by atoms with E-state index in [9.17, 15) is 28.8 Å². The summed E-state index contributed by atoms with van der Waals surface area (Å²) in [7, 11) is 0. The van der Waals surface area contributed by atoms with Crippen molar-refractivity contribution in [1.29, 1.82) is 0 Å². The van der Waals surface area contributed by atoms with Gasteiger partial charge in [0, 0.05) is 25.3 Å². The van der Waals surface area contributed by atoms with Crippen molar-refractivity contribution in [2.75, 3.05) is 0 Å². The Morgan fingerprint density at radius 3 is 1.15 bits per heavy atom. The van der Waals surface area contributed by atoms with Crippen LogP contribution in [0.4, 0.5) is 0 Å². The lowest BCUT2D eigenvalue weighted by Crippen LogP contribution is -1.99. The van der Waals surface area contributed by atoms with Crippen LogP contribution in [0.5, 0.6) is 0 Å². The number of benzene rings is 1. The normalized spacial score (nSPS) is 9.65. The van der Waals surface area contributed by atoms with E-state index in [0.717, 1.165) is 12.5 Å². The molecule has 12 heteroatoms. The predicted octanol–water partition coefficient (Wildman–Crippen LogP) is 3.07. The quantitative estimate of drug-likeness (QED) is 0.175. The van der Waals surface area contributed by atoms with Crippen molar-refractivity contribution in [3.05, 3.63) is 47.5 Å². The molecule has 0 aliphatic rings. The fourth-order valence-electron chi connectivity index (χ4n) is 2.03. The molecule has 0 spiro atoms. The van der Waals surface area contributed by atoms with Gasteiger partial charge < -0.3 is 30.6 Å². The van der Waals surface area contributed by atoms with Gasteiger partial charge in [0.1, 0.15) is 0 Å². The molecule has 0 fully saturated rings. The summed E-state index contributed by atoms with van der Waals surface area (Å²) in [6, 6.07) is 5.02. The molecule has 0 radical (unpaired) electrons. The number of aliphatic carboxylic acids is 4. The number of carboxylic acids is 6. The lowest BCUT2D eigenvalue weighted by molar-refractivity contribution is -0.139. The smallest absolute Gasteiger partial charge is 0.335 e.